The number of phenols is 4. The number of hydrogen-bond donors (Lipinski definition) is 13. The summed E-state index contributed by atoms with van der Waals surface area (Å²) in [6.45, 7) is 5.18. The van der Waals surface area contributed by atoms with E-state index in [9.17, 15) is 112 Å². The third-order valence-corrected chi connectivity index (χ3v) is 24.7. The van der Waals surface area contributed by atoms with Crippen LogP contribution in [0.2, 0.25) is 0 Å². The number of carbonyl (C=O) groups is 4. The third kappa shape index (κ3) is 20.2. The average molecular weight is 1840 g/mol. The number of carboxylic acids is 3. The second-order valence-corrected chi connectivity index (χ2v) is 34.7. The van der Waals surface area contributed by atoms with Gasteiger partial charge < -0.3 is 46.4 Å². The third-order valence-electron chi connectivity index (χ3n) is 19.6. The molecule has 15 aromatic carbocycles. The van der Waals surface area contributed by atoms with Crippen LogP contribution in [0.15, 0.2) is 320 Å². The first-order valence-electron chi connectivity index (χ1n) is 37.3. The van der Waals surface area contributed by atoms with Crippen molar-refractivity contribution in [2.24, 2.45) is 40.9 Å². The van der Waals surface area contributed by atoms with E-state index >= 15 is 0 Å². The van der Waals surface area contributed by atoms with Gasteiger partial charge in [0.2, 0.25) is 0 Å². The van der Waals surface area contributed by atoms with Crippen LogP contribution in [0.25, 0.3) is 53.9 Å². The van der Waals surface area contributed by atoms with Crippen LogP contribution >= 0.6 is 11.8 Å². The highest BCUT2D eigenvalue weighted by molar-refractivity contribution is 8.00. The molecule has 15 aromatic rings. The van der Waals surface area contributed by atoms with Crippen molar-refractivity contribution in [3.8, 4) is 23.0 Å². The number of para-hydroxylation sites is 1. The number of rotatable bonds is 19. The van der Waals surface area contributed by atoms with E-state index in [0.29, 0.717) is 82.2 Å². The van der Waals surface area contributed by atoms with E-state index in [1.54, 1.807) is 159 Å². The van der Waals surface area contributed by atoms with Gasteiger partial charge in [-0.2, -0.15) is 38.8 Å². The minimum Gasteiger partial charge on any atom is -0.505 e. The lowest BCUT2D eigenvalue weighted by Crippen LogP contribution is -2.13. The molecule has 1 aliphatic heterocycles. The van der Waals surface area contributed by atoms with Crippen molar-refractivity contribution < 1.29 is 112 Å². The minimum absolute atomic E-state index is 0.0784. The Kier molecular flexibility index (Phi) is 26.2. The normalized spacial score (nSPS) is 12.8. The molecule has 0 bridgehead atoms. The number of carbonyl (C=O) groups excluding carboxylic acids is 1. The summed E-state index contributed by atoms with van der Waals surface area (Å²) in [6.07, 6.45) is 0. The van der Waals surface area contributed by atoms with Crippen molar-refractivity contribution in [1.82, 2.24) is 0 Å². The molecule has 41 heteroatoms. The summed E-state index contributed by atoms with van der Waals surface area (Å²) in [5.74, 6) is -6.72. The smallest absolute Gasteiger partial charge is 0.339 e. The lowest BCUT2D eigenvalue weighted by atomic mass is 10.0. The molecule has 0 saturated heterocycles. The predicted octanol–water partition coefficient (Wildman–Crippen LogP) is 21.4. The first-order valence-corrected chi connectivity index (χ1v) is 44.0. The van der Waals surface area contributed by atoms with Gasteiger partial charge in [0.25, 0.3) is 52.1 Å². The number of thioether (sulfide) groups is 1. The van der Waals surface area contributed by atoms with Crippen LogP contribution < -0.4 is 10.6 Å². The van der Waals surface area contributed by atoms with Crippen LogP contribution in [-0.2, 0) is 40.5 Å². The maximum absolute atomic E-state index is 13.2. The maximum Gasteiger partial charge on any atom is 0.339 e. The fourth-order valence-corrected chi connectivity index (χ4v) is 18.0. The van der Waals surface area contributed by atoms with Crippen LogP contribution in [0.3, 0.4) is 0 Å². The number of aryl methyl sites for hydroxylation is 3. The molecule has 1 aliphatic rings. The van der Waals surface area contributed by atoms with Crippen LogP contribution in [0.1, 0.15) is 69.1 Å². The zero-order valence-electron chi connectivity index (χ0n) is 66.5. The number of carboxylic acid groups (broad SMARTS) is 3. The molecule has 36 nitrogen and oxygen atoms in total. The summed E-state index contributed by atoms with van der Waals surface area (Å²) in [6, 6.07) is 66.7. The standard InChI is InChI=1S/C32H26N4O5S2.C21H14N2O6S.C18H14N2O6S.C17H11N3O8S/c1-18-7-3-6-10-25(18)33-31(38)24-17-21-8-4-5-9-23(21)27(28(24)37)36-35-22-14-12-20(13-15-22)32-34-26-16-11-19(2)30(29(26)42-32)43(39,40)41;24-19-16(21(25)26)11-13-6-2-3-7-14(13)18(19)23-22-17-10-9-12-5-1-4-8-15(12)20(17)30(27,28)29;1-10-6-7-14(15(8-10)27(24,25)26)19-20-16-12-5-3-2-4-11(12)9-13(17(16)21)18(22)23;21-16-12(17(22)23)7-9-3-1-2-4-11(9)15(16)19-18-13-6-5-10(29(26,27)28)8-14(13)20(24)25/h3-17,32,34,37H,1-2H3,(H,33,38)(H,39,40,41);1-11,24H,(H,25,26)(H,27,28,29);2-9,21H,1H3,(H,22,23)(H,24,25,26);1-8,21H,(H,22,23)(H,26,27,28). The van der Waals surface area contributed by atoms with Crippen molar-refractivity contribution in [3.05, 3.63) is 309 Å². The van der Waals surface area contributed by atoms with E-state index in [1.807, 2.05) is 55.5 Å². The van der Waals surface area contributed by atoms with Crippen LogP contribution in [0, 0.1) is 30.9 Å². The Morgan fingerprint density at radius 3 is 1.26 bits per heavy atom. The molecular weight excluding hydrogens is 1770 g/mol. The number of amides is 1. The Bertz CT molecular complexity index is 7820. The lowest BCUT2D eigenvalue weighted by molar-refractivity contribution is -0.384. The van der Waals surface area contributed by atoms with Crippen molar-refractivity contribution in [2.75, 3.05) is 10.6 Å². The molecule has 652 valence electrons. The summed E-state index contributed by atoms with van der Waals surface area (Å²) >= 11 is 1.31. The van der Waals surface area contributed by atoms with E-state index in [2.05, 4.69) is 51.5 Å². The molecule has 0 aromatic heterocycles. The fourth-order valence-electron chi connectivity index (χ4n) is 13.4. The first kappa shape index (κ1) is 91.0. The van der Waals surface area contributed by atoms with E-state index in [-0.39, 0.29) is 77.9 Å². The fraction of sp³-hybridized carbons (Fsp3) is 0.0455. The average Bonchev–Trinajstić information content (AvgIpc) is 1.76. The predicted molar refractivity (Wildman–Crippen MR) is 476 cm³/mol. The number of nitrogens with one attached hydrogen (secondary N) is 2. The molecule has 0 aliphatic carbocycles. The van der Waals surface area contributed by atoms with Gasteiger partial charge in [0.05, 0.1) is 26.8 Å². The second kappa shape index (κ2) is 37.2. The zero-order chi connectivity index (χ0) is 92.9. The lowest BCUT2D eigenvalue weighted by Gasteiger charge is -2.12. The Labute approximate surface area is 734 Å². The highest BCUT2D eigenvalue weighted by atomic mass is 32.2. The Morgan fingerprint density at radius 2 is 0.806 bits per heavy atom. The number of benzene rings is 15. The zero-order valence-corrected chi connectivity index (χ0v) is 70.6. The van der Waals surface area contributed by atoms with Gasteiger partial charge in [-0.25, -0.2) is 14.4 Å². The van der Waals surface area contributed by atoms with Crippen LogP contribution in [0.4, 0.5) is 62.6 Å². The van der Waals surface area contributed by atoms with Crippen molar-refractivity contribution in [2.45, 2.75) is 50.6 Å². The van der Waals surface area contributed by atoms with E-state index in [0.717, 1.165) is 28.6 Å². The van der Waals surface area contributed by atoms with Gasteiger partial charge in [0, 0.05) is 38.7 Å². The number of nitro groups is 1. The monoisotopic (exact) mass is 1840 g/mol. The molecule has 0 saturated carbocycles. The highest BCUT2D eigenvalue weighted by Gasteiger charge is 2.32. The molecule has 1 amide bonds. The number of anilines is 2. The van der Waals surface area contributed by atoms with Crippen molar-refractivity contribution >= 4 is 192 Å². The molecule has 1 unspecified atom stereocenters. The maximum atomic E-state index is 13.2. The summed E-state index contributed by atoms with van der Waals surface area (Å²) in [7, 11) is -18.3. The largest absolute Gasteiger partial charge is 0.505 e. The summed E-state index contributed by atoms with van der Waals surface area (Å²) in [5.41, 5.74) is 1.79. The van der Waals surface area contributed by atoms with Gasteiger partial charge in [0.1, 0.15) is 75.8 Å². The molecule has 1 atom stereocenters. The highest BCUT2D eigenvalue weighted by Crippen LogP contribution is 2.52. The molecular formula is C88H65N11O25S5. The number of phenolic OH excluding ortho intramolecular Hbond substituents is 1. The number of azo groups is 4. The van der Waals surface area contributed by atoms with E-state index < -0.39 is 112 Å². The molecule has 0 spiro atoms. The number of fused-ring (bicyclic) bond motifs is 6. The number of nitrogens with zero attached hydrogens (tertiary/aromatic N) is 9. The van der Waals surface area contributed by atoms with Crippen molar-refractivity contribution in [3.63, 3.8) is 0 Å². The summed E-state index contributed by atoms with van der Waals surface area (Å²) in [5, 5.41) is 124. The van der Waals surface area contributed by atoms with Gasteiger partial charge in [-0.05, 0) is 149 Å². The second-order valence-electron chi connectivity index (χ2n) is 28.1. The quantitative estimate of drug-likeness (QED) is 0.0155. The molecule has 0 radical (unpaired) electrons. The topological polar surface area (TPSA) is 593 Å². The Balaban J connectivity index is 0.000000150. The molecule has 13 N–H and O–H groups in total. The Morgan fingerprint density at radius 1 is 0.395 bits per heavy atom. The number of aromatic carboxylic acids is 3. The molecule has 16 rings (SSSR count). The van der Waals surface area contributed by atoms with Gasteiger partial charge in [-0.3, -0.25) is 33.1 Å². The van der Waals surface area contributed by atoms with Crippen molar-refractivity contribution in [1.29, 1.82) is 0 Å². The van der Waals surface area contributed by atoms with Crippen LogP contribution in [-0.4, -0.2) is 116 Å². The van der Waals surface area contributed by atoms with Gasteiger partial charge in [-0.15, -0.1) is 35.8 Å². The van der Waals surface area contributed by atoms with E-state index in [1.165, 1.54) is 54.2 Å². The van der Waals surface area contributed by atoms with Gasteiger partial charge in [-0.1, -0.05) is 182 Å². The minimum atomic E-state index is -4.68. The number of aromatic hydroxyl groups is 4. The number of hydrogen-bond acceptors (Lipinski definition) is 28. The molecule has 0 fully saturated rings. The SMILES string of the molecule is Cc1ccc(N=Nc2c(O)c(C(=O)O)cc3ccccc23)c(S(=O)(=O)O)c1.Cc1ccccc1NC(=O)c1cc2ccccc2c(N=Nc2ccc(C3Nc4ccc(C)c(S(=O)(=O)O)c4S3)cc2)c1O.O=C(O)c1cc2ccccc2c(N=Nc2ccc(S(=O)(=O)O)cc2[N+](=O)[O-])c1O.O=C(O)c1cc2ccccc2c(N=Nc2ccc3ccccc3c2S(=O)(=O)O)c1O. The summed E-state index contributed by atoms with van der Waals surface area (Å²) < 4.78 is 131. The van der Waals surface area contributed by atoms with Gasteiger partial charge >= 0.3 is 17.9 Å². The first-order chi connectivity index (χ1) is 61.1. The molecule has 129 heavy (non-hydrogen) atoms. The van der Waals surface area contributed by atoms with Gasteiger partial charge in [0.15, 0.2) is 28.7 Å². The number of nitro benzene ring substituents is 1. The summed E-state index contributed by atoms with van der Waals surface area (Å²) in [4.78, 5) is 56.5. The molecule has 1 heterocycles. The van der Waals surface area contributed by atoms with Crippen LogP contribution in [0.5, 0.6) is 23.0 Å². The Hall–Kier alpha value is -15.7. The van der Waals surface area contributed by atoms with E-state index in [4.69, 9.17) is 4.55 Å².